The summed E-state index contributed by atoms with van der Waals surface area (Å²) in [5, 5.41) is 7.21. The van der Waals surface area contributed by atoms with Crippen LogP contribution in [0.2, 0.25) is 4.34 Å². The van der Waals surface area contributed by atoms with Crippen LogP contribution in [0, 0.1) is 41.4 Å². The number of aromatic nitrogens is 1. The van der Waals surface area contributed by atoms with Crippen LogP contribution in [0.5, 0.6) is 11.5 Å². The van der Waals surface area contributed by atoms with Gasteiger partial charge in [-0.25, -0.2) is 4.99 Å². The van der Waals surface area contributed by atoms with Crippen LogP contribution < -0.4 is 33.4 Å². The maximum absolute atomic E-state index is 11.8. The number of aliphatic imine (C=N–C) groups is 2. The summed E-state index contributed by atoms with van der Waals surface area (Å²) in [4.78, 5) is 89.5. The first kappa shape index (κ1) is 84.1. The molecule has 94 heavy (non-hydrogen) atoms. The van der Waals surface area contributed by atoms with Crippen molar-refractivity contribution in [2.75, 3.05) is 13.1 Å². The normalized spacial score (nSPS) is 10.3. The van der Waals surface area contributed by atoms with Crippen molar-refractivity contribution in [2.24, 2.45) is 80.1 Å². The Balaban J connectivity index is 0.000000547. The number of aromatic amines is 1. The number of thiophene rings is 2. The number of fused-ring (bicyclic) bond motifs is 2. The summed E-state index contributed by atoms with van der Waals surface area (Å²) in [5.41, 5.74) is 30.4. The molecule has 8 aromatic rings. The Hall–Kier alpha value is -7.94. The second-order valence-corrected chi connectivity index (χ2v) is 26.9. The van der Waals surface area contributed by atoms with Crippen molar-refractivity contribution in [3.8, 4) is 11.5 Å². The molecule has 16 nitrogen and oxygen atoms in total. The van der Waals surface area contributed by atoms with Gasteiger partial charge in [0.25, 0.3) is 0 Å². The van der Waals surface area contributed by atoms with E-state index in [9.17, 15) is 33.6 Å². The number of carbonyl (C=O) groups excluding carboxylic acids is 7. The van der Waals surface area contributed by atoms with E-state index in [4.69, 9.17) is 45.0 Å². The summed E-state index contributed by atoms with van der Waals surface area (Å²) >= 11 is 11.9. The molecular formula is C74H98BrClN8O8S2. The minimum absolute atomic E-state index is 0.0431. The number of rotatable bonds is 20. The van der Waals surface area contributed by atoms with Crippen LogP contribution in [0.1, 0.15) is 163 Å². The lowest BCUT2D eigenvalue weighted by atomic mass is 9.98. The van der Waals surface area contributed by atoms with Gasteiger partial charge in [0.15, 0.2) is 35.1 Å². The fourth-order valence-corrected chi connectivity index (χ4v) is 9.81. The molecule has 0 atom stereocenters. The van der Waals surface area contributed by atoms with E-state index in [1.54, 1.807) is 30.4 Å². The number of H-pyrrole nitrogens is 1. The molecule has 11 N–H and O–H groups in total. The number of Topliss-reactive ketones (excluding diaryl/α,β-unsaturated/α-hetero) is 7. The molecular weight excluding hydrogens is 1310 g/mol. The van der Waals surface area contributed by atoms with Gasteiger partial charge in [-0.1, -0.05) is 175 Å². The predicted molar refractivity (Wildman–Crippen MR) is 397 cm³/mol. The van der Waals surface area contributed by atoms with Crippen molar-refractivity contribution in [2.45, 2.75) is 123 Å². The zero-order valence-electron chi connectivity index (χ0n) is 57.1. The molecule has 3 aromatic heterocycles. The van der Waals surface area contributed by atoms with Crippen molar-refractivity contribution in [1.29, 1.82) is 0 Å². The van der Waals surface area contributed by atoms with Gasteiger partial charge in [0.1, 0.15) is 28.8 Å². The summed E-state index contributed by atoms with van der Waals surface area (Å²) in [6.45, 7) is 29.5. The first-order chi connectivity index (χ1) is 44.2. The second kappa shape index (κ2) is 45.4. The van der Waals surface area contributed by atoms with E-state index in [0.29, 0.717) is 36.8 Å². The van der Waals surface area contributed by atoms with E-state index in [0.717, 1.165) is 59.4 Å². The molecule has 0 amide bonds. The van der Waals surface area contributed by atoms with Crippen molar-refractivity contribution in [3.63, 3.8) is 0 Å². The van der Waals surface area contributed by atoms with E-state index in [-0.39, 0.29) is 93.8 Å². The maximum Gasteiger partial charge on any atom is 0.186 e. The molecule has 0 unspecified atom stereocenters. The Labute approximate surface area is 578 Å². The number of benzene rings is 5. The number of carbonyl (C=O) groups is 7. The summed E-state index contributed by atoms with van der Waals surface area (Å²) < 4.78 is 7.27. The highest BCUT2D eigenvalue weighted by Gasteiger charge is 2.15. The average molecular weight is 1410 g/mol. The van der Waals surface area contributed by atoms with Gasteiger partial charge >= 0.3 is 0 Å². The molecule has 8 rings (SSSR count). The molecule has 0 aliphatic rings. The Morgan fingerprint density at radius 2 is 1.01 bits per heavy atom. The molecule has 0 aliphatic heterocycles. The predicted octanol–water partition coefficient (Wildman–Crippen LogP) is 17.2. The summed E-state index contributed by atoms with van der Waals surface area (Å²) in [7, 11) is 0. The zero-order valence-corrected chi connectivity index (χ0v) is 61.1. The number of nitrogens with one attached hydrogen (secondary N) is 1. The van der Waals surface area contributed by atoms with Crippen LogP contribution in [0.15, 0.2) is 165 Å². The van der Waals surface area contributed by atoms with Gasteiger partial charge in [-0.3, -0.25) is 38.6 Å². The quantitative estimate of drug-likeness (QED) is 0.0235. The summed E-state index contributed by atoms with van der Waals surface area (Å²) in [6.07, 6.45) is 2.83. The highest BCUT2D eigenvalue weighted by atomic mass is 79.9. The average Bonchev–Trinajstić information content (AvgIpc) is 1.20. The van der Waals surface area contributed by atoms with Crippen LogP contribution >= 0.6 is 50.2 Å². The van der Waals surface area contributed by atoms with Gasteiger partial charge in [0.2, 0.25) is 0 Å². The fourth-order valence-electron chi connectivity index (χ4n) is 7.20. The molecule has 0 saturated carbocycles. The van der Waals surface area contributed by atoms with Crippen LogP contribution in [-0.2, 0) is 20.9 Å². The minimum atomic E-state index is 0.0431. The standard InChI is InChI=1S/C14H15N3O.C14H14O.C12H13NO.C8H9BrOS.C8H9ClOS.C7H15N3O.C6H13NO.C5H10O/c15-14(16)17-10-11-6-8-13(9-7-11)18-12-4-2-1-3-5-12;1-10(2)14(15)13-8-7-11-5-3-4-6-12(11)9-13;1-8(2)12(14)10-3-4-11-9(7-10)5-6-13-11;1-5(2)8(10)6-3-11-4-7(6)9;1-5(2)8(10)6-3-4-7(9)11-6;1-5(2)6(11)3-4-10-7(8)9;1-5(2)6(8)3-4-7;1-4(2)5(3)6/h1-9H,10H2,(H4,15,16,17);3-10H,1-2H3;3-8,13H,1-2H3;2*3-5H,1-2H3;5H,3-4H2,1-2H3,(H4,8,9,10);5H,3-4,7H2,1-2H3;4H,1-3H3. The first-order valence-electron chi connectivity index (χ1n) is 31.1. The number of ether oxygens (including phenoxy) is 1. The lowest BCUT2D eigenvalue weighted by Gasteiger charge is -2.05. The van der Waals surface area contributed by atoms with Crippen LogP contribution in [0.4, 0.5) is 0 Å². The van der Waals surface area contributed by atoms with Crippen molar-refractivity contribution >= 4 is 124 Å². The van der Waals surface area contributed by atoms with Crippen molar-refractivity contribution < 1.29 is 38.3 Å². The van der Waals surface area contributed by atoms with Crippen LogP contribution in [-0.4, -0.2) is 70.5 Å². The number of halogens is 2. The number of nitrogens with zero attached hydrogens (tertiary/aromatic N) is 2. The minimum Gasteiger partial charge on any atom is -0.457 e. The molecule has 0 fully saturated rings. The molecule has 0 saturated heterocycles. The Morgan fingerprint density at radius 3 is 1.46 bits per heavy atom. The molecule has 508 valence electrons. The lowest BCUT2D eigenvalue weighted by molar-refractivity contribution is -0.122. The van der Waals surface area contributed by atoms with Gasteiger partial charge in [-0.2, -0.15) is 11.3 Å². The number of hydrogen-bond donors (Lipinski definition) is 6. The summed E-state index contributed by atoms with van der Waals surface area (Å²) in [5.74, 6) is 3.94. The van der Waals surface area contributed by atoms with Gasteiger partial charge in [-0.15, -0.1) is 11.3 Å². The molecule has 20 heteroatoms. The molecule has 3 heterocycles. The van der Waals surface area contributed by atoms with E-state index in [1.807, 2.05) is 229 Å². The number of nitrogens with two attached hydrogens (primary N) is 5. The second-order valence-electron chi connectivity index (χ2n) is 23.6. The van der Waals surface area contributed by atoms with Crippen LogP contribution in [0.3, 0.4) is 0 Å². The number of hydrogen-bond acceptors (Lipinski definition) is 13. The molecule has 0 spiro atoms. The van der Waals surface area contributed by atoms with Gasteiger partial charge in [-0.05, 0) is 112 Å². The molecule has 0 bridgehead atoms. The summed E-state index contributed by atoms with van der Waals surface area (Å²) in [6, 6.07) is 42.5. The van der Waals surface area contributed by atoms with Gasteiger partial charge in [0.05, 0.1) is 15.8 Å². The highest BCUT2D eigenvalue weighted by molar-refractivity contribution is 9.10. The van der Waals surface area contributed by atoms with Gasteiger partial charge in [0, 0.05) is 110 Å². The number of ketones is 7. The van der Waals surface area contributed by atoms with E-state index >= 15 is 0 Å². The highest BCUT2D eigenvalue weighted by Crippen LogP contribution is 2.26. The number of para-hydroxylation sites is 1. The van der Waals surface area contributed by atoms with E-state index < -0.39 is 0 Å². The van der Waals surface area contributed by atoms with Gasteiger partial charge < -0.3 is 38.4 Å². The van der Waals surface area contributed by atoms with E-state index in [2.05, 4.69) is 37.0 Å². The van der Waals surface area contributed by atoms with Crippen molar-refractivity contribution in [1.82, 2.24) is 4.98 Å². The smallest absolute Gasteiger partial charge is 0.186 e. The monoisotopic (exact) mass is 1400 g/mol. The Bertz CT molecular complexity index is 3660. The largest absolute Gasteiger partial charge is 0.457 e. The Kier molecular flexibility index (Phi) is 40.6. The van der Waals surface area contributed by atoms with E-state index in [1.165, 1.54) is 16.7 Å². The Morgan fingerprint density at radius 1 is 0.521 bits per heavy atom. The fraction of sp³-hybridized carbons (Fsp3) is 0.365. The van der Waals surface area contributed by atoms with Crippen molar-refractivity contribution in [3.05, 3.63) is 186 Å². The molecule has 0 radical (unpaired) electrons. The lowest BCUT2D eigenvalue weighted by Crippen LogP contribution is -2.23. The van der Waals surface area contributed by atoms with Crippen LogP contribution in [0.25, 0.3) is 21.7 Å². The first-order valence-corrected chi connectivity index (χ1v) is 34.0. The third kappa shape index (κ3) is 34.3. The third-order valence-electron chi connectivity index (χ3n) is 13.2. The zero-order chi connectivity index (χ0) is 71.2. The number of guanidine groups is 2. The maximum atomic E-state index is 11.8. The topological polar surface area (TPSA) is 299 Å². The SMILES string of the molecule is CC(=O)C(C)C.CC(C)C(=O)CCN.CC(C)C(=O)CCN=C(N)N.CC(C)C(=O)c1ccc(Cl)s1.CC(C)C(=O)c1ccc2[nH]ccc2c1.CC(C)C(=O)c1ccc2ccccc2c1.CC(C)C(=O)c1cscc1Br.NC(N)=NCc1ccc(Oc2ccccc2)cc1. The third-order valence-corrected chi connectivity index (χ3v) is 16.1. The molecule has 0 aliphatic carbocycles. The molecule has 5 aromatic carbocycles.